The lowest BCUT2D eigenvalue weighted by molar-refractivity contribution is -0.135. The number of carbonyl (C=O) groups is 3. The van der Waals surface area contributed by atoms with Crippen LogP contribution in [0.25, 0.3) is 0 Å². The van der Waals surface area contributed by atoms with E-state index in [4.69, 9.17) is 14.2 Å². The molecule has 2 unspecified atom stereocenters. The molecule has 2 aliphatic rings. The molecule has 2 heterocycles. The van der Waals surface area contributed by atoms with Gasteiger partial charge in [-0.1, -0.05) is 18.2 Å². The maximum atomic E-state index is 14.2. The highest BCUT2D eigenvalue weighted by atomic mass is 16.5. The van der Waals surface area contributed by atoms with Crippen LogP contribution >= 0.6 is 0 Å². The van der Waals surface area contributed by atoms with E-state index < -0.39 is 12.1 Å². The van der Waals surface area contributed by atoms with Crippen LogP contribution in [0, 0.1) is 0 Å². The van der Waals surface area contributed by atoms with Crippen molar-refractivity contribution in [3.05, 3.63) is 89.5 Å². The Hall–Kier alpha value is -4.57. The normalized spacial score (nSPS) is 18.3. The zero-order chi connectivity index (χ0) is 31.1. The molecule has 0 bridgehead atoms. The number of amides is 3. The van der Waals surface area contributed by atoms with E-state index in [9.17, 15) is 14.4 Å². The van der Waals surface area contributed by atoms with Crippen molar-refractivity contribution in [2.24, 2.45) is 0 Å². The molecule has 10 nitrogen and oxygen atoms in total. The van der Waals surface area contributed by atoms with Crippen molar-refractivity contribution in [2.45, 2.75) is 31.5 Å². The van der Waals surface area contributed by atoms with Crippen LogP contribution in [0.15, 0.2) is 72.8 Å². The molecule has 0 radical (unpaired) electrons. The van der Waals surface area contributed by atoms with Gasteiger partial charge >= 0.3 is 0 Å². The van der Waals surface area contributed by atoms with Crippen molar-refractivity contribution in [1.29, 1.82) is 0 Å². The second-order valence-corrected chi connectivity index (χ2v) is 11.0. The van der Waals surface area contributed by atoms with Crippen LogP contribution in [0.4, 0.5) is 0 Å². The highest BCUT2D eigenvalue weighted by molar-refractivity contribution is 5.99. The van der Waals surface area contributed by atoms with Crippen molar-refractivity contribution < 1.29 is 28.6 Å². The Morgan fingerprint density at radius 3 is 2.25 bits per heavy atom. The molecular weight excluding hydrogens is 560 g/mol. The monoisotopic (exact) mass is 600 g/mol. The number of hydrogen-bond donors (Lipinski definition) is 1. The fourth-order valence-electron chi connectivity index (χ4n) is 5.93. The van der Waals surface area contributed by atoms with E-state index in [1.165, 1.54) is 0 Å². The van der Waals surface area contributed by atoms with E-state index in [2.05, 4.69) is 5.32 Å². The maximum Gasteiger partial charge on any atom is 0.254 e. The first kappa shape index (κ1) is 30.9. The Labute approximate surface area is 258 Å². The summed E-state index contributed by atoms with van der Waals surface area (Å²) < 4.78 is 16.1. The molecule has 1 N–H and O–H groups in total. The van der Waals surface area contributed by atoms with Crippen LogP contribution in [0.1, 0.15) is 39.1 Å². The molecule has 10 heteroatoms. The predicted molar refractivity (Wildman–Crippen MR) is 166 cm³/mol. The lowest BCUT2D eigenvalue weighted by Gasteiger charge is -2.30. The van der Waals surface area contributed by atoms with E-state index in [1.807, 2.05) is 29.2 Å². The molecule has 0 aliphatic carbocycles. The van der Waals surface area contributed by atoms with Crippen molar-refractivity contribution in [3.8, 4) is 17.2 Å². The summed E-state index contributed by atoms with van der Waals surface area (Å²) in [6, 6.07) is 20.4. The van der Waals surface area contributed by atoms with Gasteiger partial charge in [0.25, 0.3) is 11.8 Å². The molecular formula is C34H40N4O6. The standard InChI is InChI=1S/C34H40N4O6/c1-42-28-13-11-25(12-14-28)32(39)37(22-24-7-4-9-29(19-24)43-2)27-21-31(34(41)36-17-6-15-35-16-18-36)38(23-27)33(40)26-8-5-10-30(20-26)44-3/h4-5,7-14,19-20,27,31,35H,6,15-18,21-23H2,1-3H3. The zero-order valence-electron chi connectivity index (χ0n) is 25.5. The highest BCUT2D eigenvalue weighted by Gasteiger charge is 2.45. The first-order valence-electron chi connectivity index (χ1n) is 14.9. The summed E-state index contributed by atoms with van der Waals surface area (Å²) in [5.41, 5.74) is 1.80. The van der Waals surface area contributed by atoms with E-state index in [1.54, 1.807) is 79.7 Å². The minimum atomic E-state index is -0.715. The van der Waals surface area contributed by atoms with Gasteiger partial charge in [-0.25, -0.2) is 0 Å². The lowest BCUT2D eigenvalue weighted by atomic mass is 10.1. The van der Waals surface area contributed by atoms with Crippen LogP contribution in [0.2, 0.25) is 0 Å². The number of hydrogen-bond acceptors (Lipinski definition) is 7. The molecule has 2 saturated heterocycles. The minimum absolute atomic E-state index is 0.0920. The highest BCUT2D eigenvalue weighted by Crippen LogP contribution is 2.30. The molecule has 0 spiro atoms. The molecule has 2 aliphatic heterocycles. The van der Waals surface area contributed by atoms with Crippen LogP contribution in [0.5, 0.6) is 17.2 Å². The Balaban J connectivity index is 1.50. The molecule has 2 fully saturated rings. The Kier molecular flexibility index (Phi) is 10.0. The van der Waals surface area contributed by atoms with Crippen molar-refractivity contribution >= 4 is 17.7 Å². The van der Waals surface area contributed by atoms with Gasteiger partial charge in [0.15, 0.2) is 0 Å². The lowest BCUT2D eigenvalue weighted by Crippen LogP contribution is -2.48. The summed E-state index contributed by atoms with van der Waals surface area (Å²) in [5, 5.41) is 3.34. The topological polar surface area (TPSA) is 101 Å². The quantitative estimate of drug-likeness (QED) is 0.402. The van der Waals surface area contributed by atoms with Gasteiger partial charge in [0.1, 0.15) is 23.3 Å². The summed E-state index contributed by atoms with van der Waals surface area (Å²) >= 11 is 0. The van der Waals surface area contributed by atoms with Gasteiger partial charge < -0.3 is 34.2 Å². The van der Waals surface area contributed by atoms with E-state index >= 15 is 0 Å². The Bertz CT molecular complexity index is 1450. The van der Waals surface area contributed by atoms with E-state index in [-0.39, 0.29) is 30.8 Å². The largest absolute Gasteiger partial charge is 0.497 e. The number of methoxy groups -OCH3 is 3. The molecule has 44 heavy (non-hydrogen) atoms. The van der Waals surface area contributed by atoms with Gasteiger partial charge in [0, 0.05) is 43.9 Å². The average molecular weight is 601 g/mol. The average Bonchev–Trinajstić information content (AvgIpc) is 3.33. The summed E-state index contributed by atoms with van der Waals surface area (Å²) in [5.74, 6) is 1.34. The third-order valence-electron chi connectivity index (χ3n) is 8.32. The maximum absolute atomic E-state index is 14.2. The molecule has 232 valence electrons. The SMILES string of the molecule is COc1ccc(C(=O)N(Cc2cccc(OC)c2)C2CC(C(=O)N3CCCNCC3)N(C(=O)c3cccc(OC)c3)C2)cc1. The van der Waals surface area contributed by atoms with Gasteiger partial charge in [-0.3, -0.25) is 14.4 Å². The summed E-state index contributed by atoms with van der Waals surface area (Å²) in [6.45, 7) is 3.22. The fraction of sp³-hybridized carbons (Fsp3) is 0.382. The van der Waals surface area contributed by atoms with Crippen LogP contribution in [-0.4, -0.2) is 98.6 Å². The number of likely N-dealkylation sites (tertiary alicyclic amines) is 1. The zero-order valence-corrected chi connectivity index (χ0v) is 25.5. The van der Waals surface area contributed by atoms with Crippen LogP contribution < -0.4 is 19.5 Å². The third-order valence-corrected chi connectivity index (χ3v) is 8.32. The van der Waals surface area contributed by atoms with E-state index in [0.717, 1.165) is 18.5 Å². The number of carbonyl (C=O) groups excluding carboxylic acids is 3. The molecule has 5 rings (SSSR count). The summed E-state index contributed by atoms with van der Waals surface area (Å²) in [7, 11) is 4.74. The van der Waals surface area contributed by atoms with Crippen LogP contribution in [0.3, 0.4) is 0 Å². The second kappa shape index (κ2) is 14.3. The first-order chi connectivity index (χ1) is 21.4. The molecule has 3 aromatic rings. The summed E-state index contributed by atoms with van der Waals surface area (Å²) in [4.78, 5) is 47.6. The fourth-order valence-corrected chi connectivity index (χ4v) is 5.93. The first-order valence-corrected chi connectivity index (χ1v) is 14.9. The van der Waals surface area contributed by atoms with E-state index in [0.29, 0.717) is 54.4 Å². The Morgan fingerprint density at radius 2 is 1.52 bits per heavy atom. The number of ether oxygens (including phenoxy) is 3. The molecule has 3 aromatic carbocycles. The number of nitrogens with zero attached hydrogens (tertiary/aromatic N) is 3. The molecule has 0 aromatic heterocycles. The van der Waals surface area contributed by atoms with Crippen molar-refractivity contribution in [1.82, 2.24) is 20.0 Å². The van der Waals surface area contributed by atoms with Gasteiger partial charge in [-0.15, -0.1) is 0 Å². The minimum Gasteiger partial charge on any atom is -0.497 e. The van der Waals surface area contributed by atoms with Gasteiger partial charge in [0.05, 0.1) is 27.4 Å². The number of benzene rings is 3. The van der Waals surface area contributed by atoms with Crippen LogP contribution in [-0.2, 0) is 11.3 Å². The number of rotatable bonds is 9. The molecule has 2 atom stereocenters. The number of nitrogens with one attached hydrogen (secondary N) is 1. The van der Waals surface area contributed by atoms with Crippen molar-refractivity contribution in [3.63, 3.8) is 0 Å². The molecule has 0 saturated carbocycles. The summed E-state index contributed by atoms with van der Waals surface area (Å²) in [6.07, 6.45) is 1.16. The second-order valence-electron chi connectivity index (χ2n) is 11.0. The predicted octanol–water partition coefficient (Wildman–Crippen LogP) is 3.46. The Morgan fingerprint density at radius 1 is 0.818 bits per heavy atom. The van der Waals surface area contributed by atoms with Gasteiger partial charge in [0.2, 0.25) is 5.91 Å². The van der Waals surface area contributed by atoms with Gasteiger partial charge in [-0.2, -0.15) is 0 Å². The third kappa shape index (κ3) is 6.97. The van der Waals surface area contributed by atoms with Crippen molar-refractivity contribution in [2.75, 3.05) is 54.1 Å². The smallest absolute Gasteiger partial charge is 0.254 e. The van der Waals surface area contributed by atoms with Gasteiger partial charge in [-0.05, 0) is 79.5 Å². The molecule has 3 amide bonds.